The molecule has 2 rings (SSSR count). The van der Waals surface area contributed by atoms with Crippen molar-refractivity contribution in [2.75, 3.05) is 0 Å². The summed E-state index contributed by atoms with van der Waals surface area (Å²) < 4.78 is 24.2. The first-order chi connectivity index (χ1) is 8.85. The third-order valence-electron chi connectivity index (χ3n) is 3.83. The summed E-state index contributed by atoms with van der Waals surface area (Å²) in [5.74, 6) is -0.211. The fraction of sp³-hybridized carbons (Fsp3) is 0.462. The third-order valence-corrected chi connectivity index (χ3v) is 7.08. The molecule has 1 aliphatic rings. The Bertz CT molecular complexity index is 651. The van der Waals surface area contributed by atoms with E-state index >= 15 is 0 Å². The molecule has 0 N–H and O–H groups in total. The molecule has 0 spiro atoms. The largest absolute Gasteiger partial charge is 0.222 e. The van der Waals surface area contributed by atoms with Gasteiger partial charge in [-0.3, -0.25) is 0 Å². The van der Waals surface area contributed by atoms with E-state index in [4.69, 9.17) is 23.2 Å². The summed E-state index contributed by atoms with van der Waals surface area (Å²) >= 11 is 11.8. The molecule has 0 aliphatic heterocycles. The topological polar surface area (TPSA) is 57.9 Å². The van der Waals surface area contributed by atoms with Crippen molar-refractivity contribution in [1.82, 2.24) is 0 Å². The fourth-order valence-corrected chi connectivity index (χ4v) is 5.49. The standard InChI is InChI=1S/C13H13Cl2NO2S/c1-9-3-2-6-13(9,8-16)19(17,18)12-7-10(14)4-5-11(12)15/h4-5,7,9H,2-3,6H2,1H3. The van der Waals surface area contributed by atoms with Crippen molar-refractivity contribution in [2.45, 2.75) is 35.8 Å². The second kappa shape index (κ2) is 4.97. The third kappa shape index (κ3) is 2.14. The molecule has 0 saturated heterocycles. The van der Waals surface area contributed by atoms with Crippen molar-refractivity contribution in [3.63, 3.8) is 0 Å². The quantitative estimate of drug-likeness (QED) is 0.832. The highest BCUT2D eigenvalue weighted by molar-refractivity contribution is 7.93. The number of hydrogen-bond donors (Lipinski definition) is 0. The zero-order valence-corrected chi connectivity index (χ0v) is 12.7. The molecule has 1 saturated carbocycles. The molecule has 102 valence electrons. The van der Waals surface area contributed by atoms with E-state index in [0.717, 1.165) is 12.8 Å². The zero-order valence-electron chi connectivity index (χ0n) is 10.4. The van der Waals surface area contributed by atoms with E-state index in [1.54, 1.807) is 6.92 Å². The van der Waals surface area contributed by atoms with Gasteiger partial charge in [-0.2, -0.15) is 5.26 Å². The van der Waals surface area contributed by atoms with Gasteiger partial charge in [-0.05, 0) is 37.0 Å². The first-order valence-corrected chi connectivity index (χ1v) is 8.20. The molecule has 0 bridgehead atoms. The number of hydrogen-bond acceptors (Lipinski definition) is 3. The number of benzene rings is 1. The number of rotatable bonds is 2. The van der Waals surface area contributed by atoms with Gasteiger partial charge in [0, 0.05) is 5.02 Å². The van der Waals surface area contributed by atoms with Crippen LogP contribution < -0.4 is 0 Å². The second-order valence-corrected chi connectivity index (χ2v) is 7.89. The Labute approximate surface area is 123 Å². The van der Waals surface area contributed by atoms with Crippen LogP contribution in [0.1, 0.15) is 26.2 Å². The van der Waals surface area contributed by atoms with Crippen LogP contribution >= 0.6 is 23.2 Å². The van der Waals surface area contributed by atoms with E-state index < -0.39 is 14.6 Å². The summed E-state index contributed by atoms with van der Waals surface area (Å²) in [6.07, 6.45) is 1.80. The van der Waals surface area contributed by atoms with E-state index in [9.17, 15) is 13.7 Å². The molecule has 1 aromatic carbocycles. The number of sulfone groups is 1. The van der Waals surface area contributed by atoms with Gasteiger partial charge in [-0.15, -0.1) is 0 Å². The van der Waals surface area contributed by atoms with Crippen LogP contribution in [-0.2, 0) is 9.84 Å². The summed E-state index contributed by atoms with van der Waals surface area (Å²) in [6.45, 7) is 1.80. The normalized spacial score (nSPS) is 27.2. The zero-order chi connectivity index (χ0) is 14.3. The Morgan fingerprint density at radius 1 is 1.42 bits per heavy atom. The SMILES string of the molecule is CC1CCCC1(C#N)S(=O)(=O)c1cc(Cl)ccc1Cl. The lowest BCUT2D eigenvalue weighted by molar-refractivity contribution is 0.494. The summed E-state index contributed by atoms with van der Waals surface area (Å²) in [6, 6.07) is 6.32. The molecule has 19 heavy (non-hydrogen) atoms. The monoisotopic (exact) mass is 317 g/mol. The Morgan fingerprint density at radius 2 is 2.11 bits per heavy atom. The number of nitriles is 1. The maximum Gasteiger partial charge on any atom is 0.199 e. The van der Waals surface area contributed by atoms with Crippen LogP contribution in [0, 0.1) is 17.2 Å². The molecule has 0 amide bonds. The smallest absolute Gasteiger partial charge is 0.199 e. The Hall–Kier alpha value is -0.760. The lowest BCUT2D eigenvalue weighted by Crippen LogP contribution is -2.39. The number of nitrogens with zero attached hydrogens (tertiary/aromatic N) is 1. The molecule has 2 atom stereocenters. The Kier molecular flexibility index (Phi) is 3.83. The predicted molar refractivity (Wildman–Crippen MR) is 75.0 cm³/mol. The molecular formula is C13H13Cl2NO2S. The highest BCUT2D eigenvalue weighted by Gasteiger charge is 2.52. The van der Waals surface area contributed by atoms with Gasteiger partial charge in [0.05, 0.1) is 16.0 Å². The van der Waals surface area contributed by atoms with Crippen LogP contribution in [0.25, 0.3) is 0 Å². The van der Waals surface area contributed by atoms with Gasteiger partial charge in [0.1, 0.15) is 0 Å². The lowest BCUT2D eigenvalue weighted by Gasteiger charge is -2.26. The molecule has 1 aliphatic carbocycles. The Morgan fingerprint density at radius 3 is 2.63 bits per heavy atom. The predicted octanol–water partition coefficient (Wildman–Crippen LogP) is 3.85. The van der Waals surface area contributed by atoms with Crippen LogP contribution in [0.5, 0.6) is 0 Å². The van der Waals surface area contributed by atoms with Crippen LogP contribution in [0.4, 0.5) is 0 Å². The fourth-order valence-electron chi connectivity index (χ4n) is 2.66. The van der Waals surface area contributed by atoms with Crippen molar-refractivity contribution in [1.29, 1.82) is 5.26 Å². The highest BCUT2D eigenvalue weighted by Crippen LogP contribution is 2.45. The molecule has 3 nitrogen and oxygen atoms in total. The Balaban J connectivity index is 2.66. The van der Waals surface area contributed by atoms with Crippen LogP contribution in [0.15, 0.2) is 23.1 Å². The molecule has 0 radical (unpaired) electrons. The molecule has 6 heteroatoms. The van der Waals surface area contributed by atoms with Gasteiger partial charge in [-0.25, -0.2) is 8.42 Å². The van der Waals surface area contributed by atoms with Crippen molar-refractivity contribution in [3.05, 3.63) is 28.2 Å². The molecule has 0 aromatic heterocycles. The average molecular weight is 318 g/mol. The van der Waals surface area contributed by atoms with Gasteiger partial charge in [-0.1, -0.05) is 36.5 Å². The van der Waals surface area contributed by atoms with E-state index in [0.29, 0.717) is 11.4 Å². The molecule has 1 fully saturated rings. The minimum atomic E-state index is -3.83. The summed E-state index contributed by atoms with van der Waals surface area (Å²) in [5, 5.41) is 9.84. The molecule has 1 aromatic rings. The maximum atomic E-state index is 12.8. The van der Waals surface area contributed by atoms with Crippen molar-refractivity contribution in [2.24, 2.45) is 5.92 Å². The van der Waals surface area contributed by atoms with Gasteiger partial charge in [0.2, 0.25) is 0 Å². The molecular weight excluding hydrogens is 305 g/mol. The van der Waals surface area contributed by atoms with Gasteiger partial charge in [0.25, 0.3) is 0 Å². The van der Waals surface area contributed by atoms with Gasteiger partial charge >= 0.3 is 0 Å². The average Bonchev–Trinajstić information content (AvgIpc) is 2.75. The summed E-state index contributed by atoms with van der Waals surface area (Å²) in [5.41, 5.74) is 0. The van der Waals surface area contributed by atoms with Gasteiger partial charge < -0.3 is 0 Å². The second-order valence-electron chi connectivity index (χ2n) is 4.87. The van der Waals surface area contributed by atoms with Crippen LogP contribution in [0.3, 0.4) is 0 Å². The van der Waals surface area contributed by atoms with E-state index in [2.05, 4.69) is 0 Å². The highest BCUT2D eigenvalue weighted by atomic mass is 35.5. The van der Waals surface area contributed by atoms with Crippen LogP contribution in [0.2, 0.25) is 10.0 Å². The van der Waals surface area contributed by atoms with Crippen molar-refractivity contribution in [3.8, 4) is 6.07 Å². The number of halogens is 2. The first-order valence-electron chi connectivity index (χ1n) is 5.96. The van der Waals surface area contributed by atoms with E-state index in [-0.39, 0.29) is 15.8 Å². The first kappa shape index (κ1) is 14.6. The van der Waals surface area contributed by atoms with E-state index in [1.807, 2.05) is 6.07 Å². The minimum Gasteiger partial charge on any atom is -0.222 e. The molecule has 2 unspecified atom stereocenters. The summed E-state index contributed by atoms with van der Waals surface area (Å²) in [4.78, 5) is -0.0445. The van der Waals surface area contributed by atoms with Crippen LogP contribution in [-0.4, -0.2) is 13.2 Å². The van der Waals surface area contributed by atoms with Crippen molar-refractivity contribution >= 4 is 33.0 Å². The van der Waals surface area contributed by atoms with E-state index in [1.165, 1.54) is 18.2 Å². The van der Waals surface area contributed by atoms with Gasteiger partial charge in [0.15, 0.2) is 14.6 Å². The minimum absolute atomic E-state index is 0.0445. The summed E-state index contributed by atoms with van der Waals surface area (Å²) in [7, 11) is -3.83. The lowest BCUT2D eigenvalue weighted by atomic mass is 9.99. The molecule has 0 heterocycles. The van der Waals surface area contributed by atoms with Crippen molar-refractivity contribution < 1.29 is 8.42 Å². The maximum absolute atomic E-state index is 12.8.